The van der Waals surface area contributed by atoms with Gasteiger partial charge in [0.05, 0.1) is 11.2 Å². The minimum absolute atomic E-state index is 0.0260. The highest BCUT2D eigenvalue weighted by molar-refractivity contribution is 7.11. The second-order valence-corrected chi connectivity index (χ2v) is 3.97. The lowest BCUT2D eigenvalue weighted by Crippen LogP contribution is -2.40. The van der Waals surface area contributed by atoms with Crippen molar-refractivity contribution in [3.63, 3.8) is 0 Å². The van der Waals surface area contributed by atoms with Crippen LogP contribution in [0.2, 0.25) is 0 Å². The van der Waals surface area contributed by atoms with Crippen molar-refractivity contribution in [1.82, 2.24) is 10.3 Å². The molecule has 2 heterocycles. The third-order valence-corrected chi connectivity index (χ3v) is 3.18. The summed E-state index contributed by atoms with van der Waals surface area (Å²) in [6, 6.07) is 0.201. The number of thiazole rings is 1. The standard InChI is InChI=1S/C8H10N2OS/c1-4-5(2)10-8(11)7-6(4)9-3-12-7/h3-5H,1-2H3,(H,10,11). The van der Waals surface area contributed by atoms with Gasteiger partial charge in [0.25, 0.3) is 5.91 Å². The number of carbonyl (C=O) groups is 1. The van der Waals surface area contributed by atoms with Gasteiger partial charge >= 0.3 is 0 Å². The Bertz CT molecular complexity index is 321. The molecule has 12 heavy (non-hydrogen) atoms. The molecule has 0 saturated heterocycles. The smallest absolute Gasteiger partial charge is 0.263 e. The molecule has 2 unspecified atom stereocenters. The molecule has 1 amide bonds. The van der Waals surface area contributed by atoms with Crippen molar-refractivity contribution in [1.29, 1.82) is 0 Å². The summed E-state index contributed by atoms with van der Waals surface area (Å²) in [7, 11) is 0. The van der Waals surface area contributed by atoms with E-state index in [1.54, 1.807) is 5.51 Å². The quantitative estimate of drug-likeness (QED) is 0.658. The van der Waals surface area contributed by atoms with Gasteiger partial charge in [0, 0.05) is 12.0 Å². The molecule has 0 spiro atoms. The number of nitrogens with one attached hydrogen (secondary N) is 1. The number of aromatic nitrogens is 1. The maximum Gasteiger partial charge on any atom is 0.263 e. The fourth-order valence-corrected chi connectivity index (χ4v) is 2.18. The first kappa shape index (κ1) is 7.73. The molecular weight excluding hydrogens is 172 g/mol. The van der Waals surface area contributed by atoms with Crippen LogP contribution in [-0.4, -0.2) is 16.9 Å². The zero-order valence-corrected chi connectivity index (χ0v) is 7.81. The SMILES string of the molecule is CC1NC(=O)c2scnc2C1C. The molecule has 0 aromatic carbocycles. The summed E-state index contributed by atoms with van der Waals surface area (Å²) >= 11 is 1.42. The van der Waals surface area contributed by atoms with Crippen molar-refractivity contribution in [3.8, 4) is 0 Å². The number of amides is 1. The average molecular weight is 182 g/mol. The van der Waals surface area contributed by atoms with E-state index in [4.69, 9.17) is 0 Å². The lowest BCUT2D eigenvalue weighted by Gasteiger charge is -2.25. The molecule has 0 aliphatic carbocycles. The Kier molecular flexibility index (Phi) is 1.65. The molecule has 0 fully saturated rings. The van der Waals surface area contributed by atoms with Gasteiger partial charge in [0.15, 0.2) is 0 Å². The Morgan fingerprint density at radius 2 is 2.33 bits per heavy atom. The number of hydrogen-bond acceptors (Lipinski definition) is 3. The first-order chi connectivity index (χ1) is 5.70. The van der Waals surface area contributed by atoms with Gasteiger partial charge < -0.3 is 5.32 Å². The average Bonchev–Trinajstić information content (AvgIpc) is 2.48. The molecule has 2 atom stereocenters. The highest BCUT2D eigenvalue weighted by Gasteiger charge is 2.29. The van der Waals surface area contributed by atoms with Gasteiger partial charge in [-0.25, -0.2) is 4.98 Å². The molecule has 3 nitrogen and oxygen atoms in total. The van der Waals surface area contributed by atoms with E-state index in [2.05, 4.69) is 17.2 Å². The van der Waals surface area contributed by atoms with Gasteiger partial charge in [-0.2, -0.15) is 0 Å². The molecule has 1 aromatic rings. The van der Waals surface area contributed by atoms with Gasteiger partial charge in [0.2, 0.25) is 0 Å². The highest BCUT2D eigenvalue weighted by Crippen LogP contribution is 2.28. The summed E-state index contributed by atoms with van der Waals surface area (Å²) < 4.78 is 0. The van der Waals surface area contributed by atoms with Crippen molar-refractivity contribution in [3.05, 3.63) is 16.1 Å². The highest BCUT2D eigenvalue weighted by atomic mass is 32.1. The molecular formula is C8H10N2OS. The van der Waals surface area contributed by atoms with Gasteiger partial charge in [-0.3, -0.25) is 4.79 Å². The first-order valence-corrected chi connectivity index (χ1v) is 4.82. The topological polar surface area (TPSA) is 42.0 Å². The Balaban J connectivity index is 2.49. The van der Waals surface area contributed by atoms with Gasteiger partial charge in [-0.15, -0.1) is 11.3 Å². The Hall–Kier alpha value is -0.900. The Morgan fingerprint density at radius 1 is 1.58 bits per heavy atom. The van der Waals surface area contributed by atoms with E-state index in [1.807, 2.05) is 6.92 Å². The maximum atomic E-state index is 11.4. The van der Waals surface area contributed by atoms with Gasteiger partial charge in [-0.05, 0) is 6.92 Å². The predicted molar refractivity (Wildman–Crippen MR) is 47.5 cm³/mol. The van der Waals surface area contributed by atoms with E-state index in [9.17, 15) is 4.79 Å². The zero-order valence-electron chi connectivity index (χ0n) is 7.00. The second-order valence-electron chi connectivity index (χ2n) is 3.12. The van der Waals surface area contributed by atoms with Gasteiger partial charge in [0.1, 0.15) is 4.88 Å². The summed E-state index contributed by atoms with van der Waals surface area (Å²) in [5, 5.41) is 2.90. The molecule has 0 saturated carbocycles. The van der Waals surface area contributed by atoms with Crippen LogP contribution in [-0.2, 0) is 0 Å². The predicted octanol–water partition coefficient (Wildman–Crippen LogP) is 1.38. The van der Waals surface area contributed by atoms with Crippen molar-refractivity contribution in [2.75, 3.05) is 0 Å². The molecule has 0 radical (unpaired) electrons. The Morgan fingerprint density at radius 3 is 3.08 bits per heavy atom. The molecule has 0 bridgehead atoms. The van der Waals surface area contributed by atoms with Crippen molar-refractivity contribution in [2.45, 2.75) is 25.8 Å². The van der Waals surface area contributed by atoms with Crippen LogP contribution in [0.15, 0.2) is 5.51 Å². The molecule has 4 heteroatoms. The molecule has 1 N–H and O–H groups in total. The van der Waals surface area contributed by atoms with Crippen molar-refractivity contribution in [2.24, 2.45) is 0 Å². The number of fused-ring (bicyclic) bond motifs is 1. The molecule has 1 aliphatic rings. The van der Waals surface area contributed by atoms with Crippen LogP contribution in [0, 0.1) is 0 Å². The zero-order chi connectivity index (χ0) is 8.72. The number of hydrogen-bond donors (Lipinski definition) is 1. The summed E-state index contributed by atoms with van der Waals surface area (Å²) in [5.74, 6) is 0.363. The van der Waals surface area contributed by atoms with Gasteiger partial charge in [-0.1, -0.05) is 6.92 Å². The maximum absolute atomic E-state index is 11.4. The van der Waals surface area contributed by atoms with E-state index in [0.717, 1.165) is 10.6 Å². The molecule has 1 aromatic heterocycles. The molecule has 64 valence electrons. The van der Waals surface area contributed by atoms with E-state index >= 15 is 0 Å². The monoisotopic (exact) mass is 182 g/mol. The van der Waals surface area contributed by atoms with Crippen LogP contribution >= 0.6 is 11.3 Å². The summed E-state index contributed by atoms with van der Waals surface area (Å²) in [6.07, 6.45) is 0. The Labute approximate surface area is 74.8 Å². The minimum Gasteiger partial charge on any atom is -0.348 e. The largest absolute Gasteiger partial charge is 0.348 e. The van der Waals surface area contributed by atoms with E-state index < -0.39 is 0 Å². The van der Waals surface area contributed by atoms with E-state index in [0.29, 0.717) is 5.92 Å². The minimum atomic E-state index is 0.0260. The van der Waals surface area contributed by atoms with Crippen LogP contribution in [0.3, 0.4) is 0 Å². The number of nitrogens with zero attached hydrogens (tertiary/aromatic N) is 1. The summed E-state index contributed by atoms with van der Waals surface area (Å²) in [6.45, 7) is 4.09. The molecule has 2 rings (SSSR count). The first-order valence-electron chi connectivity index (χ1n) is 3.94. The van der Waals surface area contributed by atoms with Crippen LogP contribution in [0.5, 0.6) is 0 Å². The summed E-state index contributed by atoms with van der Waals surface area (Å²) in [4.78, 5) is 16.3. The third-order valence-electron chi connectivity index (χ3n) is 2.34. The normalized spacial score (nSPS) is 28.0. The number of carbonyl (C=O) groups excluding carboxylic acids is 1. The fourth-order valence-electron chi connectivity index (χ4n) is 1.38. The van der Waals surface area contributed by atoms with E-state index in [-0.39, 0.29) is 11.9 Å². The van der Waals surface area contributed by atoms with Crippen LogP contribution in [0.4, 0.5) is 0 Å². The number of rotatable bonds is 0. The van der Waals surface area contributed by atoms with Crippen LogP contribution < -0.4 is 5.32 Å². The second kappa shape index (κ2) is 2.55. The third kappa shape index (κ3) is 0.948. The fraction of sp³-hybridized carbons (Fsp3) is 0.500. The van der Waals surface area contributed by atoms with E-state index in [1.165, 1.54) is 11.3 Å². The molecule has 1 aliphatic heterocycles. The lowest BCUT2D eigenvalue weighted by molar-refractivity contribution is 0.0925. The summed E-state index contributed by atoms with van der Waals surface area (Å²) in [5.41, 5.74) is 2.69. The van der Waals surface area contributed by atoms with Crippen LogP contribution in [0.1, 0.15) is 35.1 Å². The lowest BCUT2D eigenvalue weighted by atomic mass is 9.95. The van der Waals surface area contributed by atoms with Crippen molar-refractivity contribution >= 4 is 17.2 Å². The van der Waals surface area contributed by atoms with Crippen LogP contribution in [0.25, 0.3) is 0 Å². The van der Waals surface area contributed by atoms with Crippen molar-refractivity contribution < 1.29 is 4.79 Å².